The fourth-order valence-electron chi connectivity index (χ4n) is 2.37. The van der Waals surface area contributed by atoms with Gasteiger partial charge in [0.2, 0.25) is 0 Å². The predicted molar refractivity (Wildman–Crippen MR) is 88.5 cm³/mol. The molecule has 21 heavy (non-hydrogen) atoms. The first-order chi connectivity index (χ1) is 10.1. The van der Waals surface area contributed by atoms with E-state index in [0.717, 1.165) is 37.2 Å². The summed E-state index contributed by atoms with van der Waals surface area (Å²) in [6.07, 6.45) is 5.88. The summed E-state index contributed by atoms with van der Waals surface area (Å²) >= 11 is 0. The molecule has 1 aromatic carbocycles. The summed E-state index contributed by atoms with van der Waals surface area (Å²) in [6.45, 7) is 6.61. The van der Waals surface area contributed by atoms with Gasteiger partial charge in [-0.05, 0) is 38.7 Å². The molecule has 0 radical (unpaired) electrons. The van der Waals surface area contributed by atoms with Crippen LogP contribution in [-0.2, 0) is 12.8 Å². The molecule has 2 rings (SSSR count). The van der Waals surface area contributed by atoms with Gasteiger partial charge in [-0.3, -0.25) is 0 Å². The van der Waals surface area contributed by atoms with Crippen LogP contribution in [-0.4, -0.2) is 15.5 Å². The summed E-state index contributed by atoms with van der Waals surface area (Å²) in [5.41, 5.74) is 2.49. The first kappa shape index (κ1) is 15.5. The van der Waals surface area contributed by atoms with E-state index < -0.39 is 0 Å². The van der Waals surface area contributed by atoms with Crippen molar-refractivity contribution >= 4 is 5.82 Å². The highest BCUT2D eigenvalue weighted by molar-refractivity contribution is 5.37. The number of benzene rings is 1. The Morgan fingerprint density at radius 1 is 1.05 bits per heavy atom. The molecule has 1 heterocycles. The molecule has 1 N–H and O–H groups in total. The minimum Gasteiger partial charge on any atom is -0.365 e. The van der Waals surface area contributed by atoms with E-state index in [9.17, 15) is 0 Å². The van der Waals surface area contributed by atoms with Gasteiger partial charge in [0.1, 0.15) is 12.1 Å². The predicted octanol–water partition coefficient (Wildman–Crippen LogP) is 4.25. The van der Waals surface area contributed by atoms with Crippen molar-refractivity contribution in [1.82, 2.24) is 9.97 Å². The van der Waals surface area contributed by atoms with Crippen molar-refractivity contribution in [2.24, 2.45) is 0 Å². The maximum atomic E-state index is 4.34. The van der Waals surface area contributed by atoms with Crippen LogP contribution in [0.4, 0.5) is 5.82 Å². The van der Waals surface area contributed by atoms with Gasteiger partial charge >= 0.3 is 0 Å². The molecule has 0 unspecified atom stereocenters. The van der Waals surface area contributed by atoms with Crippen LogP contribution in [0.1, 0.15) is 44.9 Å². The standard InChI is InChI=1S/C18H25N3/c1-4-8-16-13-17(20-14-19-16)21-18(2,3)12-11-15-9-6-5-7-10-15/h5-7,9-10,13-14H,4,8,11-12H2,1-3H3,(H,19,20,21). The average Bonchev–Trinajstić information content (AvgIpc) is 2.47. The van der Waals surface area contributed by atoms with E-state index in [1.54, 1.807) is 6.33 Å². The number of aryl methyl sites for hydroxylation is 2. The van der Waals surface area contributed by atoms with E-state index in [2.05, 4.69) is 72.5 Å². The second kappa shape index (κ2) is 7.21. The molecule has 0 spiro atoms. The van der Waals surface area contributed by atoms with Gasteiger partial charge in [0, 0.05) is 17.3 Å². The third-order valence-electron chi connectivity index (χ3n) is 3.58. The SMILES string of the molecule is CCCc1cc(NC(C)(C)CCc2ccccc2)ncn1. The van der Waals surface area contributed by atoms with Crippen molar-refractivity contribution < 1.29 is 0 Å². The second-order valence-electron chi connectivity index (χ2n) is 6.14. The van der Waals surface area contributed by atoms with Crippen molar-refractivity contribution in [3.63, 3.8) is 0 Å². The lowest BCUT2D eigenvalue weighted by atomic mass is 9.95. The van der Waals surface area contributed by atoms with Gasteiger partial charge in [-0.25, -0.2) is 9.97 Å². The maximum Gasteiger partial charge on any atom is 0.130 e. The van der Waals surface area contributed by atoms with Crippen LogP contribution < -0.4 is 5.32 Å². The lowest BCUT2D eigenvalue weighted by molar-refractivity contribution is 0.516. The van der Waals surface area contributed by atoms with Crippen LogP contribution in [0.3, 0.4) is 0 Å². The smallest absolute Gasteiger partial charge is 0.130 e. The minimum atomic E-state index is 0.00762. The Morgan fingerprint density at radius 3 is 2.52 bits per heavy atom. The topological polar surface area (TPSA) is 37.8 Å². The molecule has 0 aliphatic rings. The van der Waals surface area contributed by atoms with Gasteiger partial charge in [0.05, 0.1) is 0 Å². The van der Waals surface area contributed by atoms with E-state index in [-0.39, 0.29) is 5.54 Å². The molecule has 2 aromatic rings. The zero-order valence-corrected chi connectivity index (χ0v) is 13.3. The zero-order chi connectivity index (χ0) is 15.1. The lowest BCUT2D eigenvalue weighted by Gasteiger charge is -2.27. The second-order valence-corrected chi connectivity index (χ2v) is 6.14. The minimum absolute atomic E-state index is 0.00762. The Hall–Kier alpha value is -1.90. The monoisotopic (exact) mass is 283 g/mol. The Bertz CT molecular complexity index is 549. The number of hydrogen-bond donors (Lipinski definition) is 1. The fraction of sp³-hybridized carbons (Fsp3) is 0.444. The van der Waals surface area contributed by atoms with Gasteiger partial charge in [-0.2, -0.15) is 0 Å². The van der Waals surface area contributed by atoms with Gasteiger partial charge in [-0.15, -0.1) is 0 Å². The van der Waals surface area contributed by atoms with Crippen LogP contribution in [0.2, 0.25) is 0 Å². The van der Waals surface area contributed by atoms with Crippen LogP contribution in [0.15, 0.2) is 42.7 Å². The molecule has 0 aliphatic heterocycles. The van der Waals surface area contributed by atoms with Crippen molar-refractivity contribution in [2.75, 3.05) is 5.32 Å². The quantitative estimate of drug-likeness (QED) is 0.825. The molecule has 0 amide bonds. The largest absolute Gasteiger partial charge is 0.365 e. The van der Waals surface area contributed by atoms with Crippen LogP contribution in [0.5, 0.6) is 0 Å². The highest BCUT2D eigenvalue weighted by atomic mass is 15.1. The van der Waals surface area contributed by atoms with Crippen LogP contribution in [0.25, 0.3) is 0 Å². The van der Waals surface area contributed by atoms with E-state index >= 15 is 0 Å². The number of anilines is 1. The normalized spacial score (nSPS) is 11.4. The zero-order valence-electron chi connectivity index (χ0n) is 13.3. The number of aromatic nitrogens is 2. The van der Waals surface area contributed by atoms with E-state index in [0.29, 0.717) is 0 Å². The molecule has 3 nitrogen and oxygen atoms in total. The summed E-state index contributed by atoms with van der Waals surface area (Å²) < 4.78 is 0. The Kier molecular flexibility index (Phi) is 5.32. The van der Waals surface area contributed by atoms with Gasteiger partial charge in [0.15, 0.2) is 0 Å². The fourth-order valence-corrected chi connectivity index (χ4v) is 2.37. The Morgan fingerprint density at radius 2 is 1.81 bits per heavy atom. The third kappa shape index (κ3) is 5.18. The molecule has 1 aromatic heterocycles. The molecule has 0 fully saturated rings. The van der Waals surface area contributed by atoms with E-state index in [1.807, 2.05) is 0 Å². The molecule has 0 bridgehead atoms. The first-order valence-electron chi connectivity index (χ1n) is 7.72. The molecule has 0 atom stereocenters. The van der Waals surface area contributed by atoms with Crippen molar-refractivity contribution in [2.45, 2.75) is 52.0 Å². The first-order valence-corrected chi connectivity index (χ1v) is 7.72. The van der Waals surface area contributed by atoms with Crippen LogP contribution in [0, 0.1) is 0 Å². The number of nitrogens with zero attached hydrogens (tertiary/aromatic N) is 2. The van der Waals surface area contributed by atoms with Crippen molar-refractivity contribution in [3.05, 3.63) is 54.0 Å². The van der Waals surface area contributed by atoms with E-state index in [4.69, 9.17) is 0 Å². The number of hydrogen-bond acceptors (Lipinski definition) is 3. The maximum absolute atomic E-state index is 4.34. The van der Waals surface area contributed by atoms with E-state index in [1.165, 1.54) is 5.56 Å². The number of nitrogens with one attached hydrogen (secondary N) is 1. The highest BCUT2D eigenvalue weighted by Crippen LogP contribution is 2.19. The highest BCUT2D eigenvalue weighted by Gasteiger charge is 2.18. The summed E-state index contributed by atoms with van der Waals surface area (Å²) in [6, 6.07) is 12.7. The summed E-state index contributed by atoms with van der Waals surface area (Å²) in [5, 5.41) is 3.54. The molecule has 3 heteroatoms. The Balaban J connectivity index is 1.95. The van der Waals surface area contributed by atoms with Crippen molar-refractivity contribution in [1.29, 1.82) is 0 Å². The number of rotatable bonds is 7. The third-order valence-corrected chi connectivity index (χ3v) is 3.58. The molecule has 0 aliphatic carbocycles. The van der Waals surface area contributed by atoms with Gasteiger partial charge < -0.3 is 5.32 Å². The van der Waals surface area contributed by atoms with Gasteiger partial charge in [-0.1, -0.05) is 43.7 Å². The lowest BCUT2D eigenvalue weighted by Crippen LogP contribution is -2.32. The van der Waals surface area contributed by atoms with Crippen LogP contribution >= 0.6 is 0 Å². The average molecular weight is 283 g/mol. The Labute approximate surface area is 127 Å². The molecule has 0 saturated heterocycles. The summed E-state index contributed by atoms with van der Waals surface area (Å²) in [7, 11) is 0. The molecular formula is C18H25N3. The molecular weight excluding hydrogens is 258 g/mol. The molecule has 0 saturated carbocycles. The summed E-state index contributed by atoms with van der Waals surface area (Å²) in [4.78, 5) is 8.64. The molecule has 112 valence electrons. The van der Waals surface area contributed by atoms with Crippen molar-refractivity contribution in [3.8, 4) is 0 Å². The van der Waals surface area contributed by atoms with Gasteiger partial charge in [0.25, 0.3) is 0 Å². The summed E-state index contributed by atoms with van der Waals surface area (Å²) in [5.74, 6) is 0.923.